The van der Waals surface area contributed by atoms with Crippen LogP contribution in [0.5, 0.6) is 0 Å². The Bertz CT molecular complexity index is 3810. The van der Waals surface area contributed by atoms with Gasteiger partial charge in [-0.1, -0.05) is 265 Å². The number of rotatable bonds is 19. The van der Waals surface area contributed by atoms with Crippen molar-refractivity contribution in [2.45, 2.75) is 76.3 Å². The van der Waals surface area contributed by atoms with E-state index in [2.05, 4.69) is 329 Å². The third-order valence-corrected chi connectivity index (χ3v) is 18.1. The minimum absolute atomic E-state index is 0.119. The van der Waals surface area contributed by atoms with Crippen LogP contribution < -0.4 is 9.80 Å². The smallest absolute Gasteiger partial charge is 0.0962 e. The Labute approximate surface area is 486 Å². The molecule has 0 radical (unpaired) electrons. The first-order valence-corrected chi connectivity index (χ1v) is 29.7. The SMILES string of the molecule is CCCC1(N(c2ccc(/C=C/c3ccccc3)cc2)c2ccc(/C=C/c3ccccc3)cc2)c2cc3c(cc21)C(CC)(CC)c1cc2c(cc1-3)C2(CC)N(c1ccc(/C=C/c2ccccc2)cc1)c1ccc(/C=C/c2ccccc2)cc1. The summed E-state index contributed by atoms with van der Waals surface area (Å²) in [6.07, 6.45) is 22.8. The number of benzene rings is 10. The normalized spacial score (nSPS) is 17.0. The monoisotopic (exact) mass is 1060 g/mol. The van der Waals surface area contributed by atoms with Crippen LogP contribution in [-0.4, -0.2) is 0 Å². The van der Waals surface area contributed by atoms with Crippen LogP contribution in [0.25, 0.3) is 59.7 Å². The molecular formula is C80H70N2. The Morgan fingerprint density at radius 1 is 0.268 bits per heavy atom. The Morgan fingerprint density at radius 3 is 0.805 bits per heavy atom. The van der Waals surface area contributed by atoms with Gasteiger partial charge in [0.05, 0.1) is 11.1 Å². The van der Waals surface area contributed by atoms with Gasteiger partial charge in [0.2, 0.25) is 0 Å². The molecule has 3 aliphatic rings. The van der Waals surface area contributed by atoms with Gasteiger partial charge in [-0.3, -0.25) is 0 Å². The Kier molecular flexibility index (Phi) is 14.0. The summed E-state index contributed by atoms with van der Waals surface area (Å²) in [4.78, 5) is 5.31. The molecule has 82 heavy (non-hydrogen) atoms. The van der Waals surface area contributed by atoms with E-state index in [1.807, 2.05) is 0 Å². The van der Waals surface area contributed by atoms with Crippen molar-refractivity contribution < 1.29 is 0 Å². The lowest BCUT2D eigenvalue weighted by molar-refractivity contribution is 0.489. The van der Waals surface area contributed by atoms with E-state index in [0.29, 0.717) is 0 Å². The van der Waals surface area contributed by atoms with Gasteiger partial charge in [-0.2, -0.15) is 0 Å². The highest BCUT2D eigenvalue weighted by Crippen LogP contribution is 2.67. The highest BCUT2D eigenvalue weighted by atomic mass is 15.3. The lowest BCUT2D eigenvalue weighted by atomic mass is 9.74. The zero-order valence-corrected chi connectivity index (χ0v) is 47.6. The first-order valence-electron chi connectivity index (χ1n) is 29.7. The van der Waals surface area contributed by atoms with Gasteiger partial charge in [-0.15, -0.1) is 0 Å². The maximum atomic E-state index is 2.67. The summed E-state index contributed by atoms with van der Waals surface area (Å²) < 4.78 is 0. The summed E-state index contributed by atoms with van der Waals surface area (Å²) in [5.41, 5.74) is 25.1. The lowest BCUT2D eigenvalue weighted by Gasteiger charge is -2.35. The van der Waals surface area contributed by atoms with Crippen molar-refractivity contribution in [2.75, 3.05) is 9.80 Å². The second kappa shape index (κ2) is 22.0. The fourth-order valence-electron chi connectivity index (χ4n) is 13.7. The van der Waals surface area contributed by atoms with Crippen molar-refractivity contribution in [3.8, 4) is 11.1 Å². The summed E-state index contributed by atoms with van der Waals surface area (Å²) in [5, 5.41) is 0. The molecule has 0 fully saturated rings. The molecule has 0 spiro atoms. The molecule has 0 aromatic heterocycles. The lowest BCUT2D eigenvalue weighted by Crippen LogP contribution is -2.32. The van der Waals surface area contributed by atoms with Crippen LogP contribution in [0.1, 0.15) is 138 Å². The van der Waals surface area contributed by atoms with Crippen LogP contribution in [0.3, 0.4) is 0 Å². The molecule has 0 N–H and O–H groups in total. The van der Waals surface area contributed by atoms with E-state index >= 15 is 0 Å². The van der Waals surface area contributed by atoms with Crippen molar-refractivity contribution in [2.24, 2.45) is 0 Å². The molecule has 10 aromatic rings. The standard InChI is InChI=1S/C80H70N2/c1-5-53-80(82(68-49-41-64(42-50-68)35-31-60-25-17-11-18-26-60)69-51-43-65(44-52-69)36-32-61-27-19-12-20-28-61)75-55-71-70-54-74-76(56-72(70)78(6-2,7-3)73(71)57-77(75)80)79(74,8-4)81(66-45-37-62(38-46-66)33-29-58-21-13-9-14-22-58)67-47-39-63(40-48-67)34-30-59-23-15-10-16-24-59/h9-52,54-57H,5-8,53H2,1-4H3/b33-29+,34-30+,35-31+,36-32+. The van der Waals surface area contributed by atoms with Crippen molar-refractivity contribution in [3.05, 3.63) is 321 Å². The Hall–Kier alpha value is -9.24. The molecule has 400 valence electrons. The largest absolute Gasteiger partial charge is 0.327 e. The van der Waals surface area contributed by atoms with E-state index in [-0.39, 0.29) is 16.5 Å². The number of fused-ring (bicyclic) bond motifs is 5. The molecule has 2 heteroatoms. The third kappa shape index (κ3) is 9.36. The van der Waals surface area contributed by atoms with Gasteiger partial charge in [-0.05, 0) is 175 Å². The minimum Gasteiger partial charge on any atom is -0.327 e. The van der Waals surface area contributed by atoms with Gasteiger partial charge in [0.25, 0.3) is 0 Å². The van der Waals surface area contributed by atoms with E-state index < -0.39 is 0 Å². The van der Waals surface area contributed by atoms with Crippen LogP contribution in [0, 0.1) is 0 Å². The zero-order valence-electron chi connectivity index (χ0n) is 47.6. The van der Waals surface area contributed by atoms with Crippen molar-refractivity contribution >= 4 is 71.4 Å². The molecule has 2 unspecified atom stereocenters. The average Bonchev–Trinajstić information content (AvgIpc) is 2.05. The molecule has 0 bridgehead atoms. The number of hydrogen-bond donors (Lipinski definition) is 0. The third-order valence-electron chi connectivity index (χ3n) is 18.1. The molecule has 0 saturated carbocycles. The quantitative estimate of drug-likeness (QED) is 0.0745. The first-order chi connectivity index (χ1) is 40.4. The zero-order chi connectivity index (χ0) is 55.7. The van der Waals surface area contributed by atoms with E-state index in [9.17, 15) is 0 Å². The van der Waals surface area contributed by atoms with Crippen molar-refractivity contribution in [3.63, 3.8) is 0 Å². The van der Waals surface area contributed by atoms with Gasteiger partial charge in [0.15, 0.2) is 0 Å². The van der Waals surface area contributed by atoms with E-state index in [1.54, 1.807) is 0 Å². The highest BCUT2D eigenvalue weighted by Gasteiger charge is 2.60. The second-order valence-corrected chi connectivity index (χ2v) is 22.5. The average molecular weight is 1060 g/mol. The Balaban J connectivity index is 0.896. The van der Waals surface area contributed by atoms with E-state index in [1.165, 1.54) is 112 Å². The fraction of sp³-hybridized carbons (Fsp3) is 0.150. The first kappa shape index (κ1) is 52.2. The molecule has 10 aromatic carbocycles. The Morgan fingerprint density at radius 2 is 0.524 bits per heavy atom. The molecule has 0 amide bonds. The molecular weight excluding hydrogens is 989 g/mol. The van der Waals surface area contributed by atoms with Crippen molar-refractivity contribution in [1.29, 1.82) is 0 Å². The molecule has 2 nitrogen and oxygen atoms in total. The number of nitrogens with zero attached hydrogens (tertiary/aromatic N) is 2. The summed E-state index contributed by atoms with van der Waals surface area (Å²) in [6, 6.07) is 89.8. The van der Waals surface area contributed by atoms with E-state index in [4.69, 9.17) is 0 Å². The predicted octanol–water partition coefficient (Wildman–Crippen LogP) is 21.5. The summed E-state index contributed by atoms with van der Waals surface area (Å²) in [6.45, 7) is 9.59. The van der Waals surface area contributed by atoms with Crippen LogP contribution in [0.15, 0.2) is 243 Å². The minimum atomic E-state index is -0.308. The van der Waals surface area contributed by atoms with E-state index in [0.717, 1.165) is 32.1 Å². The maximum absolute atomic E-state index is 2.67. The van der Waals surface area contributed by atoms with Crippen LogP contribution in [-0.2, 0) is 16.5 Å². The van der Waals surface area contributed by atoms with Crippen LogP contribution >= 0.6 is 0 Å². The van der Waals surface area contributed by atoms with Crippen LogP contribution in [0.2, 0.25) is 0 Å². The topological polar surface area (TPSA) is 6.48 Å². The molecule has 2 atom stereocenters. The van der Waals surface area contributed by atoms with Crippen LogP contribution in [0.4, 0.5) is 22.7 Å². The fourth-order valence-corrected chi connectivity index (χ4v) is 13.7. The number of anilines is 4. The van der Waals surface area contributed by atoms with Gasteiger partial charge >= 0.3 is 0 Å². The highest BCUT2D eigenvalue weighted by molar-refractivity contribution is 5.92. The van der Waals surface area contributed by atoms with Gasteiger partial charge in [0, 0.05) is 28.2 Å². The molecule has 0 heterocycles. The van der Waals surface area contributed by atoms with Gasteiger partial charge in [-0.25, -0.2) is 0 Å². The molecule has 3 aliphatic carbocycles. The molecule has 0 aliphatic heterocycles. The second-order valence-electron chi connectivity index (χ2n) is 22.5. The molecule has 13 rings (SSSR count). The summed E-state index contributed by atoms with van der Waals surface area (Å²) in [5.74, 6) is 0. The summed E-state index contributed by atoms with van der Waals surface area (Å²) >= 11 is 0. The summed E-state index contributed by atoms with van der Waals surface area (Å²) in [7, 11) is 0. The van der Waals surface area contributed by atoms with Gasteiger partial charge in [0.1, 0.15) is 0 Å². The maximum Gasteiger partial charge on any atom is 0.0962 e. The predicted molar refractivity (Wildman–Crippen MR) is 352 cm³/mol. The van der Waals surface area contributed by atoms with Crippen molar-refractivity contribution in [1.82, 2.24) is 0 Å². The molecule has 0 saturated heterocycles. The van der Waals surface area contributed by atoms with Gasteiger partial charge < -0.3 is 9.80 Å². The number of hydrogen-bond acceptors (Lipinski definition) is 2.